The van der Waals surface area contributed by atoms with Crippen molar-refractivity contribution in [2.24, 2.45) is 0 Å². The van der Waals surface area contributed by atoms with Crippen LogP contribution in [0.5, 0.6) is 0 Å². The minimum absolute atomic E-state index is 0.134. The third-order valence-electron chi connectivity index (χ3n) is 3.47. The zero-order chi connectivity index (χ0) is 13.9. The first-order valence-corrected chi connectivity index (χ1v) is 8.00. The van der Waals surface area contributed by atoms with E-state index in [4.69, 9.17) is 0 Å². The molecule has 0 fully saturated rings. The standard InChI is InChI=1S/C15H17N3OS/c1-20-12-6-4-5-11(9-12)16-15(19)13-10-18-8-3-2-7-14(18)17-13/h4-6,9-10H,2-3,7-8H2,1H3,(H,16,19). The Labute approximate surface area is 122 Å². The Bertz CT molecular complexity index is 612. The summed E-state index contributed by atoms with van der Waals surface area (Å²) in [5, 5.41) is 2.91. The van der Waals surface area contributed by atoms with Crippen molar-refractivity contribution in [3.05, 3.63) is 42.0 Å². The highest BCUT2D eigenvalue weighted by atomic mass is 32.2. The molecule has 5 heteroatoms. The van der Waals surface area contributed by atoms with Crippen molar-refractivity contribution < 1.29 is 4.79 Å². The van der Waals surface area contributed by atoms with Gasteiger partial charge in [-0.1, -0.05) is 6.07 Å². The van der Waals surface area contributed by atoms with Gasteiger partial charge in [0.05, 0.1) is 0 Å². The molecule has 0 saturated carbocycles. The van der Waals surface area contributed by atoms with E-state index in [2.05, 4.69) is 14.9 Å². The Morgan fingerprint density at radius 3 is 3.10 bits per heavy atom. The number of hydrogen-bond donors (Lipinski definition) is 1. The molecular weight excluding hydrogens is 270 g/mol. The van der Waals surface area contributed by atoms with Gasteiger partial charge in [0.1, 0.15) is 11.5 Å². The molecule has 20 heavy (non-hydrogen) atoms. The molecule has 0 saturated heterocycles. The highest BCUT2D eigenvalue weighted by Gasteiger charge is 2.16. The lowest BCUT2D eigenvalue weighted by Gasteiger charge is -2.11. The van der Waals surface area contributed by atoms with Gasteiger partial charge >= 0.3 is 0 Å². The summed E-state index contributed by atoms with van der Waals surface area (Å²) in [6.45, 7) is 0.970. The van der Waals surface area contributed by atoms with E-state index in [0.717, 1.165) is 35.8 Å². The molecule has 1 aromatic carbocycles. The molecule has 1 aliphatic heterocycles. The summed E-state index contributed by atoms with van der Waals surface area (Å²) < 4.78 is 2.09. The van der Waals surface area contributed by atoms with Crippen LogP contribution in [0.15, 0.2) is 35.4 Å². The summed E-state index contributed by atoms with van der Waals surface area (Å²) in [5.41, 5.74) is 1.32. The maximum Gasteiger partial charge on any atom is 0.275 e. The van der Waals surface area contributed by atoms with E-state index >= 15 is 0 Å². The van der Waals surface area contributed by atoms with Crippen LogP contribution in [0, 0.1) is 0 Å². The fraction of sp³-hybridized carbons (Fsp3) is 0.333. The van der Waals surface area contributed by atoms with Crippen molar-refractivity contribution in [3.8, 4) is 0 Å². The van der Waals surface area contributed by atoms with Gasteiger partial charge in [-0.3, -0.25) is 4.79 Å². The predicted molar refractivity (Wildman–Crippen MR) is 81.3 cm³/mol. The van der Waals surface area contributed by atoms with Crippen molar-refractivity contribution in [1.82, 2.24) is 9.55 Å². The van der Waals surface area contributed by atoms with Crippen molar-refractivity contribution in [3.63, 3.8) is 0 Å². The normalized spacial score (nSPS) is 13.8. The van der Waals surface area contributed by atoms with Crippen LogP contribution in [0.3, 0.4) is 0 Å². The number of nitrogens with zero attached hydrogens (tertiary/aromatic N) is 2. The first-order valence-electron chi connectivity index (χ1n) is 6.78. The number of fused-ring (bicyclic) bond motifs is 1. The van der Waals surface area contributed by atoms with Crippen LogP contribution in [-0.2, 0) is 13.0 Å². The Hall–Kier alpha value is -1.75. The lowest BCUT2D eigenvalue weighted by Crippen LogP contribution is -2.12. The maximum atomic E-state index is 12.2. The number of carbonyl (C=O) groups excluding carboxylic acids is 1. The van der Waals surface area contributed by atoms with E-state index in [1.807, 2.05) is 36.7 Å². The number of imidazole rings is 1. The molecule has 0 spiro atoms. The number of nitrogens with one attached hydrogen (secondary N) is 1. The molecule has 1 aromatic heterocycles. The SMILES string of the molecule is CSc1cccc(NC(=O)c2cn3c(n2)CCCC3)c1. The summed E-state index contributed by atoms with van der Waals surface area (Å²) >= 11 is 1.66. The quantitative estimate of drug-likeness (QED) is 0.882. The monoisotopic (exact) mass is 287 g/mol. The van der Waals surface area contributed by atoms with E-state index < -0.39 is 0 Å². The second-order valence-corrected chi connectivity index (χ2v) is 5.76. The molecule has 1 amide bonds. The third kappa shape index (κ3) is 2.72. The van der Waals surface area contributed by atoms with Crippen molar-refractivity contribution >= 4 is 23.4 Å². The summed E-state index contributed by atoms with van der Waals surface area (Å²) in [6.07, 6.45) is 7.18. The number of hydrogen-bond acceptors (Lipinski definition) is 3. The number of aryl methyl sites for hydroxylation is 2. The molecule has 0 unspecified atom stereocenters. The molecule has 2 heterocycles. The number of benzene rings is 1. The Balaban J connectivity index is 1.77. The van der Waals surface area contributed by atoms with Gasteiger partial charge in [0, 0.05) is 29.7 Å². The van der Waals surface area contributed by atoms with E-state index in [1.165, 1.54) is 6.42 Å². The average molecular weight is 287 g/mol. The van der Waals surface area contributed by atoms with Gasteiger partial charge in [0.25, 0.3) is 5.91 Å². The molecule has 0 atom stereocenters. The fourth-order valence-electron chi connectivity index (χ4n) is 2.42. The average Bonchev–Trinajstić information content (AvgIpc) is 2.91. The van der Waals surface area contributed by atoms with Gasteiger partial charge in [0.15, 0.2) is 0 Å². The van der Waals surface area contributed by atoms with Crippen LogP contribution in [-0.4, -0.2) is 21.7 Å². The van der Waals surface area contributed by atoms with E-state index in [0.29, 0.717) is 5.69 Å². The number of thioether (sulfide) groups is 1. The topological polar surface area (TPSA) is 46.9 Å². The minimum atomic E-state index is -0.134. The maximum absolute atomic E-state index is 12.2. The van der Waals surface area contributed by atoms with Gasteiger partial charge in [-0.25, -0.2) is 4.98 Å². The number of rotatable bonds is 3. The van der Waals surface area contributed by atoms with Crippen LogP contribution in [0.4, 0.5) is 5.69 Å². The third-order valence-corrected chi connectivity index (χ3v) is 4.19. The Morgan fingerprint density at radius 1 is 1.40 bits per heavy atom. The van der Waals surface area contributed by atoms with Crippen LogP contribution in [0.25, 0.3) is 0 Å². The van der Waals surface area contributed by atoms with Crippen LogP contribution < -0.4 is 5.32 Å². The summed E-state index contributed by atoms with van der Waals surface area (Å²) in [6, 6.07) is 7.83. The Morgan fingerprint density at radius 2 is 2.30 bits per heavy atom. The predicted octanol–water partition coefficient (Wildman–Crippen LogP) is 3.19. The lowest BCUT2D eigenvalue weighted by molar-refractivity contribution is 0.102. The summed E-state index contributed by atoms with van der Waals surface area (Å²) in [5.74, 6) is 0.893. The van der Waals surface area contributed by atoms with Gasteiger partial charge in [-0.05, 0) is 37.3 Å². The molecule has 2 aromatic rings. The molecule has 0 aliphatic carbocycles. The van der Waals surface area contributed by atoms with Gasteiger partial charge in [-0.2, -0.15) is 0 Å². The number of carbonyl (C=O) groups is 1. The van der Waals surface area contributed by atoms with Gasteiger partial charge < -0.3 is 9.88 Å². The fourth-order valence-corrected chi connectivity index (χ4v) is 2.88. The zero-order valence-corrected chi connectivity index (χ0v) is 12.2. The Kier molecular flexibility index (Phi) is 3.78. The first kappa shape index (κ1) is 13.2. The van der Waals surface area contributed by atoms with Crippen molar-refractivity contribution in [1.29, 1.82) is 0 Å². The van der Waals surface area contributed by atoms with E-state index in [-0.39, 0.29) is 5.91 Å². The van der Waals surface area contributed by atoms with Gasteiger partial charge in [0.2, 0.25) is 0 Å². The molecule has 104 valence electrons. The molecule has 0 radical (unpaired) electrons. The largest absolute Gasteiger partial charge is 0.334 e. The first-order chi connectivity index (χ1) is 9.76. The lowest BCUT2D eigenvalue weighted by atomic mass is 10.2. The molecule has 1 aliphatic rings. The molecular formula is C15H17N3OS. The zero-order valence-electron chi connectivity index (χ0n) is 11.4. The second-order valence-electron chi connectivity index (χ2n) is 4.88. The highest BCUT2D eigenvalue weighted by molar-refractivity contribution is 7.98. The molecule has 1 N–H and O–H groups in total. The van der Waals surface area contributed by atoms with E-state index in [1.54, 1.807) is 11.8 Å². The summed E-state index contributed by atoms with van der Waals surface area (Å²) in [4.78, 5) is 17.8. The van der Waals surface area contributed by atoms with Gasteiger partial charge in [-0.15, -0.1) is 11.8 Å². The molecule has 0 bridgehead atoms. The number of amides is 1. The smallest absolute Gasteiger partial charge is 0.275 e. The van der Waals surface area contributed by atoms with Crippen LogP contribution >= 0.6 is 11.8 Å². The second kappa shape index (κ2) is 5.71. The number of anilines is 1. The highest BCUT2D eigenvalue weighted by Crippen LogP contribution is 2.20. The summed E-state index contributed by atoms with van der Waals surface area (Å²) in [7, 11) is 0. The molecule has 4 nitrogen and oxygen atoms in total. The van der Waals surface area contributed by atoms with Crippen LogP contribution in [0.2, 0.25) is 0 Å². The van der Waals surface area contributed by atoms with Crippen molar-refractivity contribution in [2.75, 3.05) is 11.6 Å². The van der Waals surface area contributed by atoms with Crippen LogP contribution in [0.1, 0.15) is 29.2 Å². The minimum Gasteiger partial charge on any atom is -0.334 e. The molecule has 3 rings (SSSR count). The van der Waals surface area contributed by atoms with E-state index in [9.17, 15) is 4.79 Å². The van der Waals surface area contributed by atoms with Crippen molar-refractivity contribution in [2.45, 2.75) is 30.7 Å². The number of aromatic nitrogens is 2.